The van der Waals surface area contributed by atoms with Crippen LogP contribution in [-0.4, -0.2) is 61.7 Å². The Balaban J connectivity index is 1.84. The number of nitrogens with one attached hydrogen (secondary N) is 1. The minimum absolute atomic E-state index is 0.134. The second-order valence-electron chi connectivity index (χ2n) is 7.73. The van der Waals surface area contributed by atoms with Gasteiger partial charge in [-0.15, -0.1) is 0 Å². The number of carbonyl (C=O) groups excluding carboxylic acids is 1. The summed E-state index contributed by atoms with van der Waals surface area (Å²) in [6, 6.07) is 15.1. The van der Waals surface area contributed by atoms with E-state index in [1.165, 1.54) is 4.90 Å². The molecule has 0 aliphatic carbocycles. The van der Waals surface area contributed by atoms with Crippen LogP contribution in [0.4, 0.5) is 10.5 Å². The summed E-state index contributed by atoms with van der Waals surface area (Å²) in [7, 11) is 1.62. The number of ether oxygens (including phenoxy) is 3. The minimum Gasteiger partial charge on any atom is -0.487 e. The molecule has 7 heteroatoms. The van der Waals surface area contributed by atoms with E-state index in [1.54, 1.807) is 7.05 Å². The van der Waals surface area contributed by atoms with Gasteiger partial charge in [0.1, 0.15) is 12.4 Å². The number of carbonyl (C=O) groups is 1. The third-order valence-corrected chi connectivity index (χ3v) is 4.44. The molecule has 2 amide bonds. The largest absolute Gasteiger partial charge is 0.487 e. The second-order valence-corrected chi connectivity index (χ2v) is 7.73. The zero-order valence-electron chi connectivity index (χ0n) is 18.8. The van der Waals surface area contributed by atoms with E-state index in [2.05, 4.69) is 5.32 Å². The lowest BCUT2D eigenvalue weighted by atomic mass is 10.2. The monoisotopic (exact) mass is 430 g/mol. The van der Waals surface area contributed by atoms with E-state index in [0.717, 1.165) is 11.1 Å². The van der Waals surface area contributed by atoms with Gasteiger partial charge in [-0.1, -0.05) is 36.4 Å². The standard InChI is InChI=1S/C24H34N2O5/c1-18(2)30-13-12-29-17-21(27)15-26(4)24(28)25-22-11-10-19(3)14-23(22)31-16-20-8-6-5-7-9-20/h5-11,14,18,21,27H,12-13,15-17H2,1-4H3,(H,25,28). The van der Waals surface area contributed by atoms with Gasteiger partial charge in [0, 0.05) is 7.05 Å². The Kier molecular flexibility index (Phi) is 10.3. The SMILES string of the molecule is Cc1ccc(NC(=O)N(C)CC(O)COCCOC(C)C)c(OCc2ccccc2)c1. The van der Waals surface area contributed by atoms with Gasteiger partial charge in [-0.05, 0) is 44.0 Å². The molecule has 31 heavy (non-hydrogen) atoms. The molecule has 0 aliphatic heterocycles. The molecule has 2 aromatic rings. The van der Waals surface area contributed by atoms with Crippen molar-refractivity contribution >= 4 is 11.7 Å². The van der Waals surface area contributed by atoms with Crippen LogP contribution >= 0.6 is 0 Å². The van der Waals surface area contributed by atoms with Crippen LogP contribution in [0.1, 0.15) is 25.0 Å². The molecule has 2 N–H and O–H groups in total. The second kappa shape index (κ2) is 12.9. The van der Waals surface area contributed by atoms with Gasteiger partial charge in [0.25, 0.3) is 0 Å². The average molecular weight is 431 g/mol. The first kappa shape index (κ1) is 24.7. The van der Waals surface area contributed by atoms with Crippen LogP contribution < -0.4 is 10.1 Å². The number of urea groups is 1. The molecule has 0 aliphatic rings. The lowest BCUT2D eigenvalue weighted by molar-refractivity contribution is -0.0144. The van der Waals surface area contributed by atoms with Crippen LogP contribution in [0, 0.1) is 6.92 Å². The van der Waals surface area contributed by atoms with E-state index in [-0.39, 0.29) is 25.3 Å². The van der Waals surface area contributed by atoms with Crippen LogP contribution in [0.5, 0.6) is 5.75 Å². The topological polar surface area (TPSA) is 80.3 Å². The molecule has 0 saturated carbocycles. The highest BCUT2D eigenvalue weighted by molar-refractivity contribution is 5.90. The van der Waals surface area contributed by atoms with Crippen molar-refractivity contribution in [1.29, 1.82) is 0 Å². The molecule has 2 aromatic carbocycles. The molecule has 0 heterocycles. The van der Waals surface area contributed by atoms with Crippen molar-refractivity contribution in [2.45, 2.75) is 39.6 Å². The van der Waals surface area contributed by atoms with E-state index < -0.39 is 6.10 Å². The number of hydrogen-bond acceptors (Lipinski definition) is 5. The van der Waals surface area contributed by atoms with Gasteiger partial charge in [-0.2, -0.15) is 0 Å². The lowest BCUT2D eigenvalue weighted by Gasteiger charge is -2.22. The molecule has 1 atom stereocenters. The molecular weight excluding hydrogens is 396 g/mol. The van der Waals surface area contributed by atoms with Crippen molar-refractivity contribution in [3.63, 3.8) is 0 Å². The fourth-order valence-electron chi connectivity index (χ4n) is 2.81. The van der Waals surface area contributed by atoms with Crippen LogP contribution in [0.2, 0.25) is 0 Å². The van der Waals surface area contributed by atoms with E-state index in [4.69, 9.17) is 14.2 Å². The number of hydrogen-bond donors (Lipinski definition) is 2. The highest BCUT2D eigenvalue weighted by Crippen LogP contribution is 2.27. The number of benzene rings is 2. The van der Waals surface area contributed by atoms with Crippen molar-refractivity contribution in [2.24, 2.45) is 0 Å². The summed E-state index contributed by atoms with van der Waals surface area (Å²) < 4.78 is 16.7. The number of amides is 2. The summed E-state index contributed by atoms with van der Waals surface area (Å²) in [4.78, 5) is 14.0. The molecule has 0 saturated heterocycles. The number of rotatable bonds is 12. The summed E-state index contributed by atoms with van der Waals surface area (Å²) in [5, 5.41) is 13.0. The van der Waals surface area contributed by atoms with Crippen LogP contribution in [0.15, 0.2) is 48.5 Å². The summed E-state index contributed by atoms with van der Waals surface area (Å²) in [6.45, 7) is 7.42. The van der Waals surface area contributed by atoms with Gasteiger partial charge >= 0.3 is 6.03 Å². The fourth-order valence-corrected chi connectivity index (χ4v) is 2.81. The van der Waals surface area contributed by atoms with E-state index in [0.29, 0.717) is 31.3 Å². The first-order chi connectivity index (χ1) is 14.8. The predicted molar refractivity (Wildman–Crippen MR) is 122 cm³/mol. The molecule has 1 unspecified atom stereocenters. The summed E-state index contributed by atoms with van der Waals surface area (Å²) in [5.74, 6) is 0.597. The van der Waals surface area contributed by atoms with E-state index >= 15 is 0 Å². The molecule has 0 fully saturated rings. The molecule has 0 radical (unpaired) electrons. The van der Waals surface area contributed by atoms with Gasteiger partial charge in [0.2, 0.25) is 0 Å². The molecule has 0 bridgehead atoms. The maximum Gasteiger partial charge on any atom is 0.321 e. The number of aliphatic hydroxyl groups excluding tert-OH is 1. The number of likely N-dealkylation sites (N-methyl/N-ethyl adjacent to an activating group) is 1. The zero-order valence-corrected chi connectivity index (χ0v) is 18.8. The molecule has 170 valence electrons. The summed E-state index contributed by atoms with van der Waals surface area (Å²) >= 11 is 0. The normalized spacial score (nSPS) is 11.9. The van der Waals surface area contributed by atoms with Crippen molar-refractivity contribution in [1.82, 2.24) is 4.90 Å². The quantitative estimate of drug-likeness (QED) is 0.500. The van der Waals surface area contributed by atoms with Gasteiger partial charge < -0.3 is 29.5 Å². The van der Waals surface area contributed by atoms with Crippen molar-refractivity contribution in [3.8, 4) is 5.75 Å². The smallest absolute Gasteiger partial charge is 0.321 e. The Morgan fingerprint density at radius 1 is 1.13 bits per heavy atom. The number of anilines is 1. The zero-order chi connectivity index (χ0) is 22.6. The number of nitrogens with zero attached hydrogens (tertiary/aromatic N) is 1. The van der Waals surface area contributed by atoms with Crippen LogP contribution in [-0.2, 0) is 16.1 Å². The Morgan fingerprint density at radius 3 is 2.58 bits per heavy atom. The van der Waals surface area contributed by atoms with Crippen LogP contribution in [0.3, 0.4) is 0 Å². The first-order valence-electron chi connectivity index (χ1n) is 10.5. The molecular formula is C24H34N2O5. The Bertz CT molecular complexity index is 798. The highest BCUT2D eigenvalue weighted by atomic mass is 16.5. The Labute approximate surface area is 184 Å². The predicted octanol–water partition coefficient (Wildman–Crippen LogP) is 3.84. The average Bonchev–Trinajstić information content (AvgIpc) is 2.74. The molecule has 0 aromatic heterocycles. The summed E-state index contributed by atoms with van der Waals surface area (Å²) in [6.07, 6.45) is -0.645. The van der Waals surface area contributed by atoms with Gasteiger partial charge in [-0.25, -0.2) is 4.79 Å². The van der Waals surface area contributed by atoms with E-state index in [1.807, 2.05) is 69.3 Å². The fraction of sp³-hybridized carbons (Fsp3) is 0.458. The highest BCUT2D eigenvalue weighted by Gasteiger charge is 2.16. The maximum atomic E-state index is 12.6. The third-order valence-electron chi connectivity index (χ3n) is 4.44. The van der Waals surface area contributed by atoms with Gasteiger partial charge in [0.05, 0.1) is 44.3 Å². The van der Waals surface area contributed by atoms with Gasteiger partial charge in [-0.3, -0.25) is 0 Å². The summed E-state index contributed by atoms with van der Waals surface area (Å²) in [5.41, 5.74) is 2.65. The van der Waals surface area contributed by atoms with Crippen LogP contribution in [0.25, 0.3) is 0 Å². The van der Waals surface area contributed by atoms with Gasteiger partial charge in [0.15, 0.2) is 0 Å². The number of aryl methyl sites for hydroxylation is 1. The molecule has 0 spiro atoms. The third kappa shape index (κ3) is 9.38. The van der Waals surface area contributed by atoms with Crippen molar-refractivity contribution in [3.05, 3.63) is 59.7 Å². The first-order valence-corrected chi connectivity index (χ1v) is 10.5. The lowest BCUT2D eigenvalue weighted by Crippen LogP contribution is -2.39. The molecule has 7 nitrogen and oxygen atoms in total. The number of aliphatic hydroxyl groups is 1. The minimum atomic E-state index is -0.790. The Hall–Kier alpha value is -2.61. The molecule has 2 rings (SSSR count). The van der Waals surface area contributed by atoms with Crippen molar-refractivity contribution < 1.29 is 24.1 Å². The van der Waals surface area contributed by atoms with Crippen molar-refractivity contribution in [2.75, 3.05) is 38.7 Å². The van der Waals surface area contributed by atoms with E-state index in [9.17, 15) is 9.90 Å². The maximum absolute atomic E-state index is 12.6. The Morgan fingerprint density at radius 2 is 1.87 bits per heavy atom.